The third kappa shape index (κ3) is 5.60. The fourth-order valence-corrected chi connectivity index (χ4v) is 11.2. The first kappa shape index (κ1) is 35.4. The molecule has 0 N–H and O–H groups in total. The molecule has 0 aliphatic heterocycles. The lowest BCUT2D eigenvalue weighted by molar-refractivity contribution is 0.768. The van der Waals surface area contributed by atoms with Crippen LogP contribution in [-0.2, 0) is 5.41 Å². The highest BCUT2D eigenvalue weighted by Gasteiger charge is 2.46. The average molecular weight is 794 g/mol. The minimum Gasteiger partial charge on any atom is -0.310 e. The maximum atomic E-state index is 2.49. The SMILES string of the molecule is c1ccc(C2(c3ccccc3)c3ccccc3-c3ccc(N(c4ccc(-c5cccc(-c6cccc7ccccc67)c5)cc4)c4cccc5sc6ccccc6c45)cc32)cc1. The van der Waals surface area contributed by atoms with Gasteiger partial charge >= 0.3 is 0 Å². The zero-order valence-corrected chi connectivity index (χ0v) is 34.2. The van der Waals surface area contributed by atoms with Crippen molar-refractivity contribution in [1.29, 1.82) is 0 Å². The summed E-state index contributed by atoms with van der Waals surface area (Å²) >= 11 is 1.86. The normalized spacial score (nSPS) is 12.7. The first-order valence-electron chi connectivity index (χ1n) is 21.0. The molecule has 0 saturated carbocycles. The monoisotopic (exact) mass is 793 g/mol. The molecule has 0 radical (unpaired) electrons. The van der Waals surface area contributed by atoms with E-state index in [9.17, 15) is 0 Å². The Balaban J connectivity index is 1.06. The molecule has 0 fully saturated rings. The number of anilines is 3. The standard InChI is InChI=1S/C59H39NS/c1-3-20-44(21-4-1)59(45-22-5-2-6-23-45)53-28-11-9-25-50(53)51-37-36-47(39-54(51)59)60(55-29-15-31-57-58(55)52-26-10-12-30-56(52)61-57)46-34-32-40(33-35-46)42-18-13-19-43(38-42)49-27-14-17-41-16-7-8-24-48(41)49/h1-39H. The molecule has 0 amide bonds. The van der Waals surface area contributed by atoms with E-state index in [1.807, 2.05) is 11.3 Å². The van der Waals surface area contributed by atoms with E-state index >= 15 is 0 Å². The van der Waals surface area contributed by atoms with Crippen molar-refractivity contribution in [2.75, 3.05) is 4.90 Å². The van der Waals surface area contributed by atoms with Gasteiger partial charge in [0.25, 0.3) is 0 Å². The fraction of sp³-hybridized carbons (Fsp3) is 0.0169. The number of rotatable bonds is 7. The van der Waals surface area contributed by atoms with Crippen LogP contribution >= 0.6 is 11.3 Å². The van der Waals surface area contributed by atoms with Crippen molar-refractivity contribution in [2.45, 2.75) is 5.41 Å². The average Bonchev–Trinajstić information content (AvgIpc) is 3.87. The van der Waals surface area contributed by atoms with E-state index in [1.54, 1.807) is 0 Å². The summed E-state index contributed by atoms with van der Waals surface area (Å²) in [6.07, 6.45) is 0. The van der Waals surface area contributed by atoms with E-state index in [0.717, 1.165) is 11.4 Å². The van der Waals surface area contributed by atoms with Crippen molar-refractivity contribution in [3.63, 3.8) is 0 Å². The predicted octanol–water partition coefficient (Wildman–Crippen LogP) is 16.4. The number of thiophene rings is 1. The fourth-order valence-electron chi connectivity index (χ4n) is 10.1. The molecule has 286 valence electrons. The van der Waals surface area contributed by atoms with E-state index in [0.29, 0.717) is 0 Å². The van der Waals surface area contributed by atoms with Crippen molar-refractivity contribution >= 4 is 59.3 Å². The number of hydrogen-bond acceptors (Lipinski definition) is 2. The Kier molecular flexibility index (Phi) is 8.33. The Morgan fingerprint density at radius 1 is 0.344 bits per heavy atom. The van der Waals surface area contributed by atoms with Crippen LogP contribution < -0.4 is 4.90 Å². The Morgan fingerprint density at radius 3 is 1.75 bits per heavy atom. The molecule has 0 saturated heterocycles. The number of benzene rings is 10. The molecule has 1 nitrogen and oxygen atoms in total. The highest BCUT2D eigenvalue weighted by atomic mass is 32.1. The molecule has 0 unspecified atom stereocenters. The van der Waals surface area contributed by atoms with Crippen molar-refractivity contribution in [1.82, 2.24) is 0 Å². The summed E-state index contributed by atoms with van der Waals surface area (Å²) in [5.41, 5.74) is 15.4. The van der Waals surface area contributed by atoms with E-state index in [2.05, 4.69) is 241 Å². The van der Waals surface area contributed by atoms with Gasteiger partial charge in [-0.2, -0.15) is 0 Å². The van der Waals surface area contributed by atoms with Gasteiger partial charge in [0, 0.05) is 31.5 Å². The summed E-state index contributed by atoms with van der Waals surface area (Å²) in [5, 5.41) is 5.07. The first-order chi connectivity index (χ1) is 30.3. The molecule has 2 heteroatoms. The van der Waals surface area contributed by atoms with Gasteiger partial charge in [-0.05, 0) is 115 Å². The Hall–Kier alpha value is -7.52. The van der Waals surface area contributed by atoms with Gasteiger partial charge in [0.15, 0.2) is 0 Å². The summed E-state index contributed by atoms with van der Waals surface area (Å²) in [6, 6.07) is 87.3. The molecule has 0 bridgehead atoms. The lowest BCUT2D eigenvalue weighted by atomic mass is 9.67. The molecule has 0 atom stereocenters. The molecule has 10 aromatic carbocycles. The summed E-state index contributed by atoms with van der Waals surface area (Å²) in [7, 11) is 0. The van der Waals surface area contributed by atoms with Gasteiger partial charge in [-0.25, -0.2) is 0 Å². The summed E-state index contributed by atoms with van der Waals surface area (Å²) < 4.78 is 2.57. The lowest BCUT2D eigenvalue weighted by Crippen LogP contribution is -2.28. The number of nitrogens with zero attached hydrogens (tertiary/aromatic N) is 1. The highest BCUT2D eigenvalue weighted by molar-refractivity contribution is 7.26. The highest BCUT2D eigenvalue weighted by Crippen LogP contribution is 2.57. The van der Waals surface area contributed by atoms with Crippen molar-refractivity contribution in [2.24, 2.45) is 0 Å². The molecule has 1 aliphatic carbocycles. The van der Waals surface area contributed by atoms with E-state index < -0.39 is 5.41 Å². The van der Waals surface area contributed by atoms with Gasteiger partial charge in [0.2, 0.25) is 0 Å². The largest absolute Gasteiger partial charge is 0.310 e. The van der Waals surface area contributed by atoms with Gasteiger partial charge in [0.05, 0.1) is 11.1 Å². The smallest absolute Gasteiger partial charge is 0.0714 e. The number of fused-ring (bicyclic) bond motifs is 7. The third-order valence-corrected chi connectivity index (χ3v) is 13.9. The quantitative estimate of drug-likeness (QED) is 0.155. The van der Waals surface area contributed by atoms with Crippen molar-refractivity contribution in [3.05, 3.63) is 259 Å². The van der Waals surface area contributed by atoms with Gasteiger partial charge in [0.1, 0.15) is 0 Å². The Morgan fingerprint density at radius 2 is 0.934 bits per heavy atom. The van der Waals surface area contributed by atoms with E-state index in [4.69, 9.17) is 0 Å². The Bertz CT molecular complexity index is 3370. The van der Waals surface area contributed by atoms with Crippen LogP contribution in [0.1, 0.15) is 22.3 Å². The molecule has 1 aliphatic rings. The van der Waals surface area contributed by atoms with Gasteiger partial charge in [-0.1, -0.05) is 188 Å². The third-order valence-electron chi connectivity index (χ3n) is 12.7. The molecule has 61 heavy (non-hydrogen) atoms. The van der Waals surface area contributed by atoms with Gasteiger partial charge in [-0.15, -0.1) is 11.3 Å². The summed E-state index contributed by atoms with van der Waals surface area (Å²) in [6.45, 7) is 0. The second kappa shape index (κ2) is 14.3. The van der Waals surface area contributed by atoms with E-state index in [-0.39, 0.29) is 0 Å². The second-order valence-corrected chi connectivity index (χ2v) is 17.1. The summed E-state index contributed by atoms with van der Waals surface area (Å²) in [4.78, 5) is 2.49. The van der Waals surface area contributed by atoms with Crippen LogP contribution in [0.3, 0.4) is 0 Å². The molecular weight excluding hydrogens is 755 g/mol. The molecule has 1 heterocycles. The minimum atomic E-state index is -0.504. The maximum Gasteiger partial charge on any atom is 0.0714 e. The number of hydrogen-bond donors (Lipinski definition) is 0. The van der Waals surface area contributed by atoms with Crippen molar-refractivity contribution < 1.29 is 0 Å². The lowest BCUT2D eigenvalue weighted by Gasteiger charge is -2.35. The molecule has 1 aromatic heterocycles. The van der Waals surface area contributed by atoms with Crippen LogP contribution in [0, 0.1) is 0 Å². The topological polar surface area (TPSA) is 3.24 Å². The molecule has 0 spiro atoms. The molecule has 11 aromatic rings. The van der Waals surface area contributed by atoms with Gasteiger partial charge < -0.3 is 4.90 Å². The maximum absolute atomic E-state index is 2.49. The van der Waals surface area contributed by atoms with Crippen LogP contribution in [0.25, 0.3) is 64.3 Å². The zero-order chi connectivity index (χ0) is 40.3. The zero-order valence-electron chi connectivity index (χ0n) is 33.4. The van der Waals surface area contributed by atoms with Crippen LogP contribution in [0.5, 0.6) is 0 Å². The minimum absolute atomic E-state index is 0.504. The van der Waals surface area contributed by atoms with E-state index in [1.165, 1.54) is 92.3 Å². The van der Waals surface area contributed by atoms with Crippen LogP contribution in [-0.4, -0.2) is 0 Å². The molecular formula is C59H39NS. The first-order valence-corrected chi connectivity index (χ1v) is 21.8. The van der Waals surface area contributed by atoms with Crippen LogP contribution in [0.15, 0.2) is 237 Å². The van der Waals surface area contributed by atoms with Crippen molar-refractivity contribution in [3.8, 4) is 33.4 Å². The van der Waals surface area contributed by atoms with Gasteiger partial charge in [-0.3, -0.25) is 0 Å². The Labute approximate surface area is 360 Å². The summed E-state index contributed by atoms with van der Waals surface area (Å²) in [5.74, 6) is 0. The van der Waals surface area contributed by atoms with Crippen LogP contribution in [0.2, 0.25) is 0 Å². The molecule has 12 rings (SSSR count). The van der Waals surface area contributed by atoms with Crippen LogP contribution in [0.4, 0.5) is 17.1 Å². The predicted molar refractivity (Wildman–Crippen MR) is 260 cm³/mol. The second-order valence-electron chi connectivity index (χ2n) is 16.0.